The van der Waals surface area contributed by atoms with Crippen molar-refractivity contribution < 1.29 is 9.53 Å². The van der Waals surface area contributed by atoms with Gasteiger partial charge < -0.3 is 10.5 Å². The highest BCUT2D eigenvalue weighted by Gasteiger charge is 2.37. The van der Waals surface area contributed by atoms with Crippen LogP contribution >= 0.6 is 11.3 Å². The van der Waals surface area contributed by atoms with Crippen molar-refractivity contribution in [1.29, 1.82) is 0 Å². The second kappa shape index (κ2) is 4.55. The van der Waals surface area contributed by atoms with Gasteiger partial charge in [-0.25, -0.2) is 4.79 Å². The van der Waals surface area contributed by atoms with E-state index >= 15 is 0 Å². The summed E-state index contributed by atoms with van der Waals surface area (Å²) in [6.45, 7) is 0.619. The minimum absolute atomic E-state index is 0.0174. The highest BCUT2D eigenvalue weighted by atomic mass is 32.1. The highest BCUT2D eigenvalue weighted by molar-refractivity contribution is 7.12. The minimum atomic E-state index is -0.232. The molecular weight excluding hydrogens is 222 g/mol. The van der Waals surface area contributed by atoms with Gasteiger partial charge in [0, 0.05) is 12.0 Å². The maximum absolute atomic E-state index is 11.7. The van der Waals surface area contributed by atoms with Gasteiger partial charge in [0.05, 0.1) is 7.11 Å². The van der Waals surface area contributed by atoms with Crippen LogP contribution in [0.15, 0.2) is 11.4 Å². The van der Waals surface area contributed by atoms with Gasteiger partial charge >= 0.3 is 5.97 Å². The summed E-state index contributed by atoms with van der Waals surface area (Å²) in [5.74, 6) is -0.232. The summed E-state index contributed by atoms with van der Waals surface area (Å²) in [6, 6.07) is 2.04. The number of rotatable bonds is 3. The molecule has 2 rings (SSSR count). The molecule has 0 amide bonds. The molecule has 0 unspecified atom stereocenters. The van der Waals surface area contributed by atoms with Crippen molar-refractivity contribution in [1.82, 2.24) is 0 Å². The molecule has 1 heterocycles. The second-order valence-electron chi connectivity index (χ2n) is 4.35. The van der Waals surface area contributed by atoms with Crippen molar-refractivity contribution in [2.45, 2.75) is 31.1 Å². The number of hydrogen-bond donors (Lipinski definition) is 1. The molecule has 1 aromatic rings. The van der Waals surface area contributed by atoms with Crippen LogP contribution in [0.5, 0.6) is 0 Å². The van der Waals surface area contributed by atoms with Gasteiger partial charge in [0.2, 0.25) is 0 Å². The molecule has 3 nitrogen and oxygen atoms in total. The lowest BCUT2D eigenvalue weighted by Crippen LogP contribution is -2.33. The Kier molecular flexibility index (Phi) is 3.30. The number of hydrogen-bond acceptors (Lipinski definition) is 4. The average Bonchev–Trinajstić information content (AvgIpc) is 2.96. The van der Waals surface area contributed by atoms with E-state index in [1.54, 1.807) is 0 Å². The van der Waals surface area contributed by atoms with E-state index in [-0.39, 0.29) is 11.4 Å². The predicted octanol–water partition coefficient (Wildman–Crippen LogP) is 2.31. The Balaban J connectivity index is 2.39. The van der Waals surface area contributed by atoms with E-state index in [4.69, 9.17) is 10.5 Å². The lowest BCUT2D eigenvalue weighted by Gasteiger charge is -2.27. The fraction of sp³-hybridized carbons (Fsp3) is 0.583. The summed E-state index contributed by atoms with van der Waals surface area (Å²) < 4.78 is 4.81. The van der Waals surface area contributed by atoms with E-state index in [1.165, 1.54) is 31.3 Å². The lowest BCUT2D eigenvalue weighted by molar-refractivity contribution is 0.0603. The molecule has 16 heavy (non-hydrogen) atoms. The van der Waals surface area contributed by atoms with Crippen molar-refractivity contribution in [3.63, 3.8) is 0 Å². The average molecular weight is 239 g/mol. The number of carbonyl (C=O) groups is 1. The van der Waals surface area contributed by atoms with Crippen LogP contribution in [0.25, 0.3) is 0 Å². The molecule has 0 spiro atoms. The summed E-state index contributed by atoms with van der Waals surface area (Å²) in [6.07, 6.45) is 4.58. The maximum Gasteiger partial charge on any atom is 0.348 e. The van der Waals surface area contributed by atoms with Crippen LogP contribution in [0.2, 0.25) is 0 Å². The van der Waals surface area contributed by atoms with Gasteiger partial charge in [0.1, 0.15) is 4.88 Å². The smallest absolute Gasteiger partial charge is 0.348 e. The van der Waals surface area contributed by atoms with Crippen LogP contribution in [0.3, 0.4) is 0 Å². The largest absolute Gasteiger partial charge is 0.465 e. The van der Waals surface area contributed by atoms with Crippen LogP contribution in [0.4, 0.5) is 0 Å². The number of thiophene rings is 1. The zero-order valence-corrected chi connectivity index (χ0v) is 10.3. The van der Waals surface area contributed by atoms with Crippen LogP contribution in [0, 0.1) is 0 Å². The first-order chi connectivity index (χ1) is 7.73. The SMILES string of the molecule is COC(=O)c1sccc1C1(CN)CCCC1. The van der Waals surface area contributed by atoms with Crippen LogP contribution < -0.4 is 5.73 Å². The number of nitrogens with two attached hydrogens (primary N) is 1. The van der Waals surface area contributed by atoms with Gasteiger partial charge in [0.25, 0.3) is 0 Å². The first kappa shape index (κ1) is 11.6. The highest BCUT2D eigenvalue weighted by Crippen LogP contribution is 2.43. The topological polar surface area (TPSA) is 52.3 Å². The van der Waals surface area contributed by atoms with E-state index in [0.717, 1.165) is 23.3 Å². The second-order valence-corrected chi connectivity index (χ2v) is 5.26. The van der Waals surface area contributed by atoms with E-state index in [2.05, 4.69) is 0 Å². The lowest BCUT2D eigenvalue weighted by atomic mass is 9.79. The minimum Gasteiger partial charge on any atom is -0.465 e. The third-order valence-electron chi connectivity index (χ3n) is 3.56. The molecule has 0 radical (unpaired) electrons. The van der Waals surface area contributed by atoms with Crippen LogP contribution in [-0.2, 0) is 10.2 Å². The molecule has 1 saturated carbocycles. The Hall–Kier alpha value is -0.870. The fourth-order valence-corrected chi connectivity index (χ4v) is 3.54. The van der Waals surface area contributed by atoms with Gasteiger partial charge in [-0.3, -0.25) is 0 Å². The van der Waals surface area contributed by atoms with Gasteiger partial charge in [0.15, 0.2) is 0 Å². The van der Waals surface area contributed by atoms with Gasteiger partial charge in [-0.05, 0) is 29.9 Å². The Labute approximate surface area is 99.6 Å². The quantitative estimate of drug-likeness (QED) is 0.823. The summed E-state index contributed by atoms with van der Waals surface area (Å²) in [7, 11) is 1.43. The third-order valence-corrected chi connectivity index (χ3v) is 4.45. The first-order valence-corrected chi connectivity index (χ1v) is 6.48. The standard InChI is InChI=1S/C12H17NO2S/c1-15-11(14)10-9(4-7-16-10)12(8-13)5-2-3-6-12/h4,7H,2-3,5-6,8,13H2,1H3. The van der Waals surface area contributed by atoms with E-state index < -0.39 is 0 Å². The molecular formula is C12H17NO2S. The fourth-order valence-electron chi connectivity index (χ4n) is 2.61. The molecule has 1 aromatic heterocycles. The molecule has 0 aromatic carbocycles. The zero-order chi connectivity index (χ0) is 11.6. The molecule has 0 bridgehead atoms. The Bertz CT molecular complexity index is 380. The van der Waals surface area contributed by atoms with Gasteiger partial charge in [-0.2, -0.15) is 0 Å². The molecule has 0 atom stereocenters. The molecule has 0 saturated heterocycles. The summed E-state index contributed by atoms with van der Waals surface area (Å²) in [4.78, 5) is 12.4. The van der Waals surface area contributed by atoms with Crippen LogP contribution in [-0.4, -0.2) is 19.6 Å². The molecule has 2 N–H and O–H groups in total. The summed E-state index contributed by atoms with van der Waals surface area (Å²) in [5, 5.41) is 1.96. The molecule has 1 fully saturated rings. The normalized spacial score (nSPS) is 18.6. The van der Waals surface area contributed by atoms with Crippen molar-refractivity contribution in [2.24, 2.45) is 5.73 Å². The predicted molar refractivity (Wildman–Crippen MR) is 64.9 cm³/mol. The maximum atomic E-state index is 11.7. The van der Waals surface area contributed by atoms with Crippen molar-refractivity contribution in [3.8, 4) is 0 Å². The molecule has 0 aliphatic heterocycles. The summed E-state index contributed by atoms with van der Waals surface area (Å²) >= 11 is 1.45. The van der Waals surface area contributed by atoms with E-state index in [9.17, 15) is 4.79 Å². The third kappa shape index (κ3) is 1.76. The van der Waals surface area contributed by atoms with Crippen molar-refractivity contribution in [3.05, 3.63) is 21.9 Å². The number of methoxy groups -OCH3 is 1. The molecule has 4 heteroatoms. The van der Waals surface area contributed by atoms with E-state index in [0.29, 0.717) is 6.54 Å². The number of ether oxygens (including phenoxy) is 1. The number of esters is 1. The zero-order valence-electron chi connectivity index (χ0n) is 9.49. The van der Waals surface area contributed by atoms with Crippen molar-refractivity contribution in [2.75, 3.05) is 13.7 Å². The van der Waals surface area contributed by atoms with E-state index in [1.807, 2.05) is 11.4 Å². The Morgan fingerprint density at radius 1 is 1.56 bits per heavy atom. The summed E-state index contributed by atoms with van der Waals surface area (Å²) in [5.41, 5.74) is 7.04. The first-order valence-electron chi connectivity index (χ1n) is 5.60. The van der Waals surface area contributed by atoms with Crippen LogP contribution in [0.1, 0.15) is 40.9 Å². The molecule has 88 valence electrons. The Morgan fingerprint density at radius 2 is 2.25 bits per heavy atom. The van der Waals surface area contributed by atoms with Gasteiger partial charge in [-0.1, -0.05) is 12.8 Å². The Morgan fingerprint density at radius 3 is 2.81 bits per heavy atom. The monoisotopic (exact) mass is 239 g/mol. The number of carbonyl (C=O) groups excluding carboxylic acids is 1. The van der Waals surface area contributed by atoms with Gasteiger partial charge in [-0.15, -0.1) is 11.3 Å². The molecule has 1 aliphatic rings. The van der Waals surface area contributed by atoms with Crippen molar-refractivity contribution >= 4 is 17.3 Å². The molecule has 1 aliphatic carbocycles.